The van der Waals surface area contributed by atoms with Crippen molar-refractivity contribution >= 4 is 0 Å². The van der Waals surface area contributed by atoms with E-state index in [4.69, 9.17) is 4.52 Å². The van der Waals surface area contributed by atoms with Crippen LogP contribution in [0.25, 0.3) is 0 Å². The highest BCUT2D eigenvalue weighted by atomic mass is 19.4. The Kier molecular flexibility index (Phi) is 5.41. The molecule has 0 saturated carbocycles. The minimum absolute atomic E-state index is 0.00213. The van der Waals surface area contributed by atoms with Crippen LogP contribution in [0.3, 0.4) is 0 Å². The maximum Gasteiger partial charge on any atom is 0.455 e. The molecule has 3 rings (SSSR count). The fourth-order valence-electron chi connectivity index (χ4n) is 3.23. The molecule has 1 aliphatic heterocycles. The summed E-state index contributed by atoms with van der Waals surface area (Å²) in [7, 11) is 0. The van der Waals surface area contributed by atoms with E-state index in [2.05, 4.69) is 31.5 Å². The van der Waals surface area contributed by atoms with Crippen molar-refractivity contribution in [3.05, 3.63) is 29.9 Å². The van der Waals surface area contributed by atoms with Gasteiger partial charge in [-0.1, -0.05) is 18.5 Å². The van der Waals surface area contributed by atoms with Crippen LogP contribution < -0.4 is 0 Å². The molecule has 6 nitrogen and oxygen atoms in total. The average Bonchev–Trinajstić information content (AvgIpc) is 3.22. The van der Waals surface area contributed by atoms with Crippen molar-refractivity contribution in [3.8, 4) is 0 Å². The first-order chi connectivity index (χ1) is 12.0. The van der Waals surface area contributed by atoms with Crippen LogP contribution in [0.1, 0.15) is 56.1 Å². The smallest absolute Gasteiger partial charge is 0.338 e. The van der Waals surface area contributed by atoms with Crippen molar-refractivity contribution in [2.45, 2.75) is 57.8 Å². The molecule has 0 spiro atoms. The topological polar surface area (TPSA) is 60.0 Å². The first kappa shape index (κ1) is 17.9. The van der Waals surface area contributed by atoms with Gasteiger partial charge in [0.05, 0.1) is 6.54 Å². The fraction of sp³-hybridized carbons (Fsp3) is 0.688. The van der Waals surface area contributed by atoms with Crippen LogP contribution in [-0.2, 0) is 19.3 Å². The van der Waals surface area contributed by atoms with Gasteiger partial charge in [-0.25, -0.2) is 4.98 Å². The Hall–Kier alpha value is -1.90. The van der Waals surface area contributed by atoms with Crippen LogP contribution in [0.15, 0.2) is 16.9 Å². The predicted octanol–water partition coefficient (Wildman–Crippen LogP) is 3.46. The predicted molar refractivity (Wildman–Crippen MR) is 83.7 cm³/mol. The molecular formula is C16H22F3N5O. The summed E-state index contributed by atoms with van der Waals surface area (Å²) in [6, 6.07) is 0. The van der Waals surface area contributed by atoms with E-state index in [-0.39, 0.29) is 18.4 Å². The van der Waals surface area contributed by atoms with Gasteiger partial charge in [0.2, 0.25) is 5.89 Å². The largest absolute Gasteiger partial charge is 0.455 e. The van der Waals surface area contributed by atoms with Gasteiger partial charge in [0, 0.05) is 31.4 Å². The van der Waals surface area contributed by atoms with Gasteiger partial charge in [-0.2, -0.15) is 18.2 Å². The molecule has 0 bridgehead atoms. The van der Waals surface area contributed by atoms with Gasteiger partial charge < -0.3 is 9.09 Å². The molecule has 0 aliphatic carbocycles. The number of unbranched alkanes of at least 4 members (excludes halogenated alkanes) is 1. The number of alkyl halides is 3. The summed E-state index contributed by atoms with van der Waals surface area (Å²) in [5.74, 6) is 0.110. The SMILES string of the molecule is CCCCn1ccnc1[C@@H]1CCCN(Cc2nc(C(F)(F)F)no2)C1. The third kappa shape index (κ3) is 4.39. The summed E-state index contributed by atoms with van der Waals surface area (Å²) in [5.41, 5.74) is 0. The zero-order chi connectivity index (χ0) is 17.9. The minimum Gasteiger partial charge on any atom is -0.338 e. The molecule has 25 heavy (non-hydrogen) atoms. The molecule has 1 fully saturated rings. The molecule has 138 valence electrons. The van der Waals surface area contributed by atoms with Gasteiger partial charge in [-0.3, -0.25) is 4.90 Å². The summed E-state index contributed by atoms with van der Waals surface area (Å²) in [4.78, 5) is 10.0. The van der Waals surface area contributed by atoms with Crippen LogP contribution in [-0.4, -0.2) is 37.7 Å². The van der Waals surface area contributed by atoms with E-state index >= 15 is 0 Å². The highest BCUT2D eigenvalue weighted by Crippen LogP contribution is 2.29. The number of halogens is 3. The summed E-state index contributed by atoms with van der Waals surface area (Å²) < 4.78 is 44.6. The number of imidazole rings is 1. The van der Waals surface area contributed by atoms with Crippen LogP contribution in [0.2, 0.25) is 0 Å². The van der Waals surface area contributed by atoms with E-state index in [9.17, 15) is 13.2 Å². The van der Waals surface area contributed by atoms with Gasteiger partial charge >= 0.3 is 6.18 Å². The Morgan fingerprint density at radius 3 is 2.92 bits per heavy atom. The summed E-state index contributed by atoms with van der Waals surface area (Å²) in [6.45, 7) is 4.86. The number of nitrogens with zero attached hydrogens (tertiary/aromatic N) is 5. The Morgan fingerprint density at radius 2 is 2.20 bits per heavy atom. The average molecular weight is 357 g/mol. The number of rotatable bonds is 6. The van der Waals surface area contributed by atoms with E-state index in [0.29, 0.717) is 0 Å². The lowest BCUT2D eigenvalue weighted by Crippen LogP contribution is -2.35. The van der Waals surface area contributed by atoms with Crippen molar-refractivity contribution in [3.63, 3.8) is 0 Å². The maximum atomic E-state index is 12.6. The Balaban J connectivity index is 1.63. The zero-order valence-electron chi connectivity index (χ0n) is 14.2. The monoisotopic (exact) mass is 357 g/mol. The fourth-order valence-corrected chi connectivity index (χ4v) is 3.23. The molecular weight excluding hydrogens is 335 g/mol. The lowest BCUT2D eigenvalue weighted by atomic mass is 9.97. The number of likely N-dealkylation sites (tertiary alicyclic amines) is 1. The lowest BCUT2D eigenvalue weighted by molar-refractivity contribution is -0.146. The molecule has 9 heteroatoms. The molecule has 2 aromatic heterocycles. The summed E-state index contributed by atoms with van der Waals surface area (Å²) >= 11 is 0. The number of piperidine rings is 1. The van der Waals surface area contributed by atoms with Gasteiger partial charge in [-0.05, 0) is 25.8 Å². The van der Waals surface area contributed by atoms with E-state index in [1.54, 1.807) is 0 Å². The standard InChI is InChI=1S/C16H22F3N5O/c1-2-3-8-24-9-6-20-14(24)12-5-4-7-23(10-12)11-13-21-15(22-25-13)16(17,18)19/h6,9,12H,2-5,7-8,10-11H2,1H3/t12-/m1/s1. The molecule has 3 heterocycles. The highest BCUT2D eigenvalue weighted by molar-refractivity contribution is 5.03. The summed E-state index contributed by atoms with van der Waals surface area (Å²) in [6.07, 6.45) is 3.45. The first-order valence-corrected chi connectivity index (χ1v) is 8.60. The molecule has 1 atom stereocenters. The van der Waals surface area contributed by atoms with Crippen molar-refractivity contribution in [1.82, 2.24) is 24.6 Å². The molecule has 0 N–H and O–H groups in total. The van der Waals surface area contributed by atoms with Gasteiger partial charge in [0.25, 0.3) is 5.82 Å². The van der Waals surface area contributed by atoms with Crippen LogP contribution in [0.5, 0.6) is 0 Å². The van der Waals surface area contributed by atoms with Crippen LogP contribution >= 0.6 is 0 Å². The molecule has 0 amide bonds. The third-order valence-corrected chi connectivity index (χ3v) is 4.45. The highest BCUT2D eigenvalue weighted by Gasteiger charge is 2.37. The zero-order valence-corrected chi connectivity index (χ0v) is 14.2. The number of aryl methyl sites for hydroxylation is 1. The second kappa shape index (κ2) is 7.55. The third-order valence-electron chi connectivity index (χ3n) is 4.45. The van der Waals surface area contributed by atoms with Crippen molar-refractivity contribution in [2.24, 2.45) is 0 Å². The second-order valence-electron chi connectivity index (χ2n) is 6.42. The van der Waals surface area contributed by atoms with Crippen LogP contribution in [0.4, 0.5) is 13.2 Å². The first-order valence-electron chi connectivity index (χ1n) is 8.60. The Bertz CT molecular complexity index is 681. The molecule has 1 saturated heterocycles. The molecule has 2 aromatic rings. The van der Waals surface area contributed by atoms with E-state index in [0.717, 1.165) is 51.1 Å². The van der Waals surface area contributed by atoms with Crippen molar-refractivity contribution in [2.75, 3.05) is 13.1 Å². The quantitative estimate of drug-likeness (QED) is 0.792. The second-order valence-corrected chi connectivity index (χ2v) is 6.42. The molecule has 0 aromatic carbocycles. The lowest BCUT2D eigenvalue weighted by Gasteiger charge is -2.31. The Labute approximate surface area is 144 Å². The van der Waals surface area contributed by atoms with Crippen molar-refractivity contribution in [1.29, 1.82) is 0 Å². The van der Waals surface area contributed by atoms with E-state index in [1.807, 2.05) is 12.4 Å². The molecule has 1 aliphatic rings. The molecule has 0 radical (unpaired) electrons. The normalized spacial score (nSPS) is 19.4. The number of hydrogen-bond acceptors (Lipinski definition) is 5. The minimum atomic E-state index is -4.57. The van der Waals surface area contributed by atoms with Gasteiger partial charge in [-0.15, -0.1) is 0 Å². The van der Waals surface area contributed by atoms with Gasteiger partial charge in [0.1, 0.15) is 5.82 Å². The Morgan fingerprint density at radius 1 is 1.36 bits per heavy atom. The van der Waals surface area contributed by atoms with Crippen LogP contribution in [0, 0.1) is 0 Å². The number of aromatic nitrogens is 4. The van der Waals surface area contributed by atoms with Crippen molar-refractivity contribution < 1.29 is 17.7 Å². The number of hydrogen-bond donors (Lipinski definition) is 0. The molecule has 0 unspecified atom stereocenters. The van der Waals surface area contributed by atoms with Gasteiger partial charge in [0.15, 0.2) is 0 Å². The summed E-state index contributed by atoms with van der Waals surface area (Å²) in [5, 5.41) is 3.02. The maximum absolute atomic E-state index is 12.6. The van der Waals surface area contributed by atoms with E-state index < -0.39 is 12.0 Å². The van der Waals surface area contributed by atoms with E-state index in [1.165, 1.54) is 0 Å².